The SMILES string of the molecule is C=C/C(=C\C=C/C)C(=O)N(CC)CC. The van der Waals surface area contributed by atoms with Crippen molar-refractivity contribution in [3.63, 3.8) is 0 Å². The Labute approximate surface area is 86.6 Å². The molecule has 0 saturated heterocycles. The minimum absolute atomic E-state index is 0.0445. The van der Waals surface area contributed by atoms with Crippen molar-refractivity contribution >= 4 is 5.91 Å². The summed E-state index contributed by atoms with van der Waals surface area (Å²) in [6, 6.07) is 0. The van der Waals surface area contributed by atoms with Gasteiger partial charge >= 0.3 is 0 Å². The molecule has 0 radical (unpaired) electrons. The lowest BCUT2D eigenvalue weighted by atomic mass is 10.2. The van der Waals surface area contributed by atoms with Crippen LogP contribution in [-0.4, -0.2) is 23.9 Å². The molecule has 0 aliphatic heterocycles. The normalized spacial score (nSPS) is 11.8. The Bertz CT molecular complexity index is 247. The van der Waals surface area contributed by atoms with Crippen LogP contribution in [-0.2, 0) is 4.79 Å². The van der Waals surface area contributed by atoms with Gasteiger partial charge in [0.1, 0.15) is 0 Å². The zero-order valence-corrected chi connectivity index (χ0v) is 9.29. The van der Waals surface area contributed by atoms with E-state index in [0.29, 0.717) is 5.57 Å². The summed E-state index contributed by atoms with van der Waals surface area (Å²) in [5.41, 5.74) is 0.645. The fourth-order valence-electron chi connectivity index (χ4n) is 1.12. The molecule has 0 aromatic rings. The third-order valence-corrected chi connectivity index (χ3v) is 1.99. The van der Waals surface area contributed by atoms with Crippen LogP contribution >= 0.6 is 0 Å². The number of allylic oxidation sites excluding steroid dienone is 3. The molecule has 2 nitrogen and oxygen atoms in total. The molecule has 0 heterocycles. The molecule has 0 unspecified atom stereocenters. The maximum Gasteiger partial charge on any atom is 0.253 e. The zero-order chi connectivity index (χ0) is 11.0. The van der Waals surface area contributed by atoms with E-state index in [1.54, 1.807) is 17.1 Å². The third-order valence-electron chi connectivity index (χ3n) is 1.99. The molecule has 2 heteroatoms. The van der Waals surface area contributed by atoms with Crippen LogP contribution in [0.4, 0.5) is 0 Å². The summed E-state index contributed by atoms with van der Waals surface area (Å²) < 4.78 is 0. The van der Waals surface area contributed by atoms with E-state index >= 15 is 0 Å². The minimum atomic E-state index is 0.0445. The highest BCUT2D eigenvalue weighted by molar-refractivity contribution is 5.96. The largest absolute Gasteiger partial charge is 0.339 e. The number of amides is 1. The van der Waals surface area contributed by atoms with Crippen LogP contribution in [0.2, 0.25) is 0 Å². The standard InChI is InChI=1S/C12H19NO/c1-5-9-10-11(6-2)12(14)13(7-3)8-4/h5-6,9-10H,2,7-8H2,1,3-4H3/b9-5-,11-10+. The quantitative estimate of drug-likeness (QED) is 0.485. The van der Waals surface area contributed by atoms with Crippen LogP contribution in [0.5, 0.6) is 0 Å². The number of rotatable bonds is 5. The Morgan fingerprint density at radius 2 is 1.93 bits per heavy atom. The van der Waals surface area contributed by atoms with Gasteiger partial charge in [0.2, 0.25) is 0 Å². The topological polar surface area (TPSA) is 20.3 Å². The van der Waals surface area contributed by atoms with Crippen molar-refractivity contribution in [1.29, 1.82) is 0 Å². The molecule has 0 aliphatic carbocycles. The van der Waals surface area contributed by atoms with Gasteiger partial charge in [0.25, 0.3) is 5.91 Å². The van der Waals surface area contributed by atoms with Crippen LogP contribution in [0.1, 0.15) is 20.8 Å². The molecule has 0 aromatic heterocycles. The van der Waals surface area contributed by atoms with Gasteiger partial charge in [0.15, 0.2) is 0 Å². The summed E-state index contributed by atoms with van der Waals surface area (Å²) in [4.78, 5) is 13.6. The molecular weight excluding hydrogens is 174 g/mol. The Hall–Kier alpha value is -1.31. The van der Waals surface area contributed by atoms with Gasteiger partial charge in [0.05, 0.1) is 0 Å². The van der Waals surface area contributed by atoms with E-state index in [1.165, 1.54) is 0 Å². The van der Waals surface area contributed by atoms with Gasteiger partial charge < -0.3 is 4.90 Å². The van der Waals surface area contributed by atoms with Gasteiger partial charge in [-0.05, 0) is 26.8 Å². The highest BCUT2D eigenvalue weighted by atomic mass is 16.2. The maximum atomic E-state index is 11.8. The average Bonchev–Trinajstić information content (AvgIpc) is 2.21. The smallest absolute Gasteiger partial charge is 0.253 e. The van der Waals surface area contributed by atoms with Gasteiger partial charge in [-0.25, -0.2) is 0 Å². The highest BCUT2D eigenvalue weighted by Crippen LogP contribution is 2.03. The first-order valence-corrected chi connectivity index (χ1v) is 4.95. The second-order valence-electron chi connectivity index (χ2n) is 2.83. The van der Waals surface area contributed by atoms with Gasteiger partial charge in [-0.15, -0.1) is 0 Å². The van der Waals surface area contributed by atoms with E-state index in [9.17, 15) is 4.79 Å². The number of hydrogen-bond donors (Lipinski definition) is 0. The first-order valence-electron chi connectivity index (χ1n) is 4.95. The Balaban J connectivity index is 4.68. The van der Waals surface area contributed by atoms with Crippen LogP contribution in [0.25, 0.3) is 0 Å². The average molecular weight is 193 g/mol. The van der Waals surface area contributed by atoms with Gasteiger partial charge in [0, 0.05) is 18.7 Å². The molecule has 0 fully saturated rings. The molecule has 0 aromatic carbocycles. The van der Waals surface area contributed by atoms with Gasteiger partial charge in [-0.3, -0.25) is 4.79 Å². The molecule has 0 aliphatic rings. The summed E-state index contributed by atoms with van der Waals surface area (Å²) in [6.45, 7) is 11.0. The maximum absolute atomic E-state index is 11.8. The van der Waals surface area contributed by atoms with Crippen molar-refractivity contribution in [3.8, 4) is 0 Å². The number of hydrogen-bond acceptors (Lipinski definition) is 1. The molecule has 0 saturated carbocycles. The first-order chi connectivity index (χ1) is 6.71. The van der Waals surface area contributed by atoms with E-state index in [1.807, 2.05) is 32.9 Å². The van der Waals surface area contributed by atoms with Gasteiger partial charge in [-0.1, -0.05) is 24.8 Å². The predicted molar refractivity (Wildman–Crippen MR) is 61.0 cm³/mol. The molecule has 0 N–H and O–H groups in total. The van der Waals surface area contributed by atoms with E-state index in [-0.39, 0.29) is 5.91 Å². The molecule has 14 heavy (non-hydrogen) atoms. The van der Waals surface area contributed by atoms with E-state index in [0.717, 1.165) is 13.1 Å². The molecule has 1 amide bonds. The van der Waals surface area contributed by atoms with Crippen molar-refractivity contribution in [2.24, 2.45) is 0 Å². The van der Waals surface area contributed by atoms with E-state index in [4.69, 9.17) is 0 Å². The summed E-state index contributed by atoms with van der Waals surface area (Å²) >= 11 is 0. The molecular formula is C12H19NO. The Morgan fingerprint density at radius 3 is 2.29 bits per heavy atom. The van der Waals surface area contributed by atoms with Gasteiger partial charge in [-0.2, -0.15) is 0 Å². The monoisotopic (exact) mass is 193 g/mol. The number of likely N-dealkylation sites (N-methyl/N-ethyl adjacent to an activating group) is 1. The summed E-state index contributed by atoms with van der Waals surface area (Å²) in [5.74, 6) is 0.0445. The lowest BCUT2D eigenvalue weighted by molar-refractivity contribution is -0.126. The van der Waals surface area contributed by atoms with Crippen LogP contribution in [0, 0.1) is 0 Å². The minimum Gasteiger partial charge on any atom is -0.339 e. The van der Waals surface area contributed by atoms with Crippen molar-refractivity contribution < 1.29 is 4.79 Å². The van der Waals surface area contributed by atoms with Crippen molar-refractivity contribution in [3.05, 3.63) is 36.5 Å². The van der Waals surface area contributed by atoms with Crippen LogP contribution in [0.3, 0.4) is 0 Å². The Kier molecular flexibility index (Phi) is 6.46. The summed E-state index contributed by atoms with van der Waals surface area (Å²) in [7, 11) is 0. The van der Waals surface area contributed by atoms with E-state index < -0.39 is 0 Å². The number of carbonyl (C=O) groups excluding carboxylic acids is 1. The van der Waals surface area contributed by atoms with Crippen LogP contribution < -0.4 is 0 Å². The first kappa shape index (κ1) is 12.7. The number of nitrogens with zero attached hydrogens (tertiary/aromatic N) is 1. The lowest BCUT2D eigenvalue weighted by Gasteiger charge is -2.18. The molecule has 0 bridgehead atoms. The highest BCUT2D eigenvalue weighted by Gasteiger charge is 2.11. The van der Waals surface area contributed by atoms with E-state index in [2.05, 4.69) is 6.58 Å². The van der Waals surface area contributed by atoms with Crippen molar-refractivity contribution in [2.45, 2.75) is 20.8 Å². The second kappa shape index (κ2) is 7.13. The Morgan fingerprint density at radius 1 is 1.36 bits per heavy atom. The third kappa shape index (κ3) is 3.60. The predicted octanol–water partition coefficient (Wildman–Crippen LogP) is 2.54. The molecule has 0 atom stereocenters. The molecule has 0 rings (SSSR count). The molecule has 0 spiro atoms. The second-order valence-corrected chi connectivity index (χ2v) is 2.83. The number of carbonyl (C=O) groups is 1. The van der Waals surface area contributed by atoms with Crippen LogP contribution in [0.15, 0.2) is 36.5 Å². The fraction of sp³-hybridized carbons (Fsp3) is 0.417. The lowest BCUT2D eigenvalue weighted by Crippen LogP contribution is -2.31. The fourth-order valence-corrected chi connectivity index (χ4v) is 1.12. The summed E-state index contributed by atoms with van der Waals surface area (Å²) in [6.07, 6.45) is 7.12. The molecule has 78 valence electrons. The zero-order valence-electron chi connectivity index (χ0n) is 9.29. The van der Waals surface area contributed by atoms with Crippen molar-refractivity contribution in [2.75, 3.05) is 13.1 Å². The van der Waals surface area contributed by atoms with Crippen molar-refractivity contribution in [1.82, 2.24) is 4.90 Å². The summed E-state index contributed by atoms with van der Waals surface area (Å²) in [5, 5.41) is 0.